The van der Waals surface area contributed by atoms with Gasteiger partial charge in [-0.15, -0.1) is 0 Å². The monoisotopic (exact) mass is 255 g/mol. The fourth-order valence-electron chi connectivity index (χ4n) is 3.71. The van der Waals surface area contributed by atoms with Gasteiger partial charge in [0.1, 0.15) is 0 Å². The molecule has 19 heavy (non-hydrogen) atoms. The fraction of sp³-hybridized carbons (Fsp3) is 0.625. The molecule has 2 unspecified atom stereocenters. The molecule has 3 aliphatic rings. The van der Waals surface area contributed by atoms with Crippen molar-refractivity contribution in [3.63, 3.8) is 0 Å². The lowest BCUT2D eigenvalue weighted by atomic mass is 9.96. The first-order valence-electron chi connectivity index (χ1n) is 7.64. The third-order valence-electron chi connectivity index (χ3n) is 4.91. The molecular weight excluding hydrogens is 234 g/mol. The predicted molar refractivity (Wildman–Crippen MR) is 76.2 cm³/mol. The van der Waals surface area contributed by atoms with Gasteiger partial charge in [0.15, 0.2) is 0 Å². The van der Waals surface area contributed by atoms with Crippen LogP contribution in [0.4, 0.5) is 5.95 Å². The third-order valence-corrected chi connectivity index (χ3v) is 4.91. The Morgan fingerprint density at radius 1 is 1.05 bits per heavy atom. The lowest BCUT2D eigenvalue weighted by Crippen LogP contribution is -2.41. The van der Waals surface area contributed by atoms with Gasteiger partial charge in [-0.1, -0.05) is 18.1 Å². The van der Waals surface area contributed by atoms with Crippen molar-refractivity contribution in [1.82, 2.24) is 9.97 Å². The van der Waals surface area contributed by atoms with E-state index in [1.165, 1.54) is 44.1 Å². The predicted octanol–water partition coefficient (Wildman–Crippen LogP) is 3.26. The summed E-state index contributed by atoms with van der Waals surface area (Å²) < 4.78 is 0. The van der Waals surface area contributed by atoms with Crippen LogP contribution >= 0.6 is 0 Å². The van der Waals surface area contributed by atoms with Crippen LogP contribution in [0.15, 0.2) is 23.5 Å². The van der Waals surface area contributed by atoms with Gasteiger partial charge in [0, 0.05) is 24.5 Å². The molecule has 2 bridgehead atoms. The van der Waals surface area contributed by atoms with E-state index in [1.807, 2.05) is 12.4 Å². The average Bonchev–Trinajstić information content (AvgIpc) is 3.25. The Morgan fingerprint density at radius 3 is 2.21 bits per heavy atom. The van der Waals surface area contributed by atoms with Crippen molar-refractivity contribution in [2.24, 2.45) is 0 Å². The maximum Gasteiger partial charge on any atom is 0.225 e. The van der Waals surface area contributed by atoms with Crippen LogP contribution in [-0.2, 0) is 6.42 Å². The average molecular weight is 255 g/mol. The second-order valence-electron chi connectivity index (χ2n) is 6.15. The van der Waals surface area contributed by atoms with Gasteiger partial charge >= 0.3 is 0 Å². The van der Waals surface area contributed by atoms with Crippen LogP contribution in [0.1, 0.15) is 51.0 Å². The van der Waals surface area contributed by atoms with Gasteiger partial charge in [-0.2, -0.15) is 0 Å². The van der Waals surface area contributed by atoms with Crippen molar-refractivity contribution in [1.29, 1.82) is 0 Å². The summed E-state index contributed by atoms with van der Waals surface area (Å²) in [7, 11) is 0. The van der Waals surface area contributed by atoms with E-state index < -0.39 is 0 Å². The molecule has 3 nitrogen and oxygen atoms in total. The molecule has 2 aliphatic heterocycles. The highest BCUT2D eigenvalue weighted by molar-refractivity contribution is 5.42. The Labute approximate surface area is 114 Å². The van der Waals surface area contributed by atoms with E-state index in [9.17, 15) is 0 Å². The van der Waals surface area contributed by atoms with Crippen molar-refractivity contribution in [3.8, 4) is 0 Å². The summed E-state index contributed by atoms with van der Waals surface area (Å²) in [5.41, 5.74) is 4.77. The molecule has 2 atom stereocenters. The first-order valence-corrected chi connectivity index (χ1v) is 7.64. The normalized spacial score (nSPS) is 29.0. The Hall–Kier alpha value is -1.38. The van der Waals surface area contributed by atoms with E-state index in [4.69, 9.17) is 0 Å². The van der Waals surface area contributed by atoms with Crippen LogP contribution in [0.2, 0.25) is 0 Å². The topological polar surface area (TPSA) is 29.0 Å². The Morgan fingerprint density at radius 2 is 1.68 bits per heavy atom. The molecule has 1 saturated carbocycles. The van der Waals surface area contributed by atoms with Crippen LogP contribution in [0.3, 0.4) is 0 Å². The molecule has 3 heteroatoms. The summed E-state index contributed by atoms with van der Waals surface area (Å²) in [4.78, 5) is 11.7. The summed E-state index contributed by atoms with van der Waals surface area (Å²) in [5.74, 6) is 0.963. The van der Waals surface area contributed by atoms with Crippen molar-refractivity contribution in [3.05, 3.63) is 29.1 Å². The first kappa shape index (κ1) is 11.4. The minimum Gasteiger partial charge on any atom is -0.334 e. The van der Waals surface area contributed by atoms with Crippen molar-refractivity contribution >= 4 is 5.95 Å². The number of aromatic nitrogens is 2. The largest absolute Gasteiger partial charge is 0.334 e. The highest BCUT2D eigenvalue weighted by Crippen LogP contribution is 2.45. The number of rotatable bonds is 2. The van der Waals surface area contributed by atoms with Gasteiger partial charge in [0.05, 0.1) is 0 Å². The lowest BCUT2D eigenvalue weighted by molar-refractivity contribution is 0.536. The van der Waals surface area contributed by atoms with Crippen LogP contribution in [0, 0.1) is 0 Å². The number of fused-ring (bicyclic) bond motifs is 2. The van der Waals surface area contributed by atoms with Crippen LogP contribution in [0.25, 0.3) is 0 Å². The van der Waals surface area contributed by atoms with Gasteiger partial charge in [0.25, 0.3) is 0 Å². The van der Waals surface area contributed by atoms with E-state index in [1.54, 1.807) is 11.1 Å². The zero-order valence-corrected chi connectivity index (χ0v) is 11.6. The van der Waals surface area contributed by atoms with Crippen LogP contribution < -0.4 is 4.90 Å². The molecule has 0 aromatic carbocycles. The maximum atomic E-state index is 4.60. The number of piperidine rings is 1. The molecule has 1 aromatic heterocycles. The highest BCUT2D eigenvalue weighted by Gasteiger charge is 2.41. The van der Waals surface area contributed by atoms with Crippen LogP contribution in [0.5, 0.6) is 0 Å². The van der Waals surface area contributed by atoms with E-state index in [2.05, 4.69) is 21.8 Å². The zero-order chi connectivity index (χ0) is 12.8. The summed E-state index contributed by atoms with van der Waals surface area (Å²) in [6.07, 6.45) is 12.9. The second-order valence-corrected chi connectivity index (χ2v) is 6.15. The van der Waals surface area contributed by atoms with Crippen molar-refractivity contribution in [2.45, 2.75) is 64.0 Å². The summed E-state index contributed by atoms with van der Waals surface area (Å²) in [6, 6.07) is 1.32. The fourth-order valence-corrected chi connectivity index (χ4v) is 3.71. The SMILES string of the molecule is CCc1cnc(N2C3CCC2CC(=C2CC2)C3)nc1. The molecule has 2 saturated heterocycles. The molecule has 100 valence electrons. The number of allylic oxidation sites excluding steroid dienone is 1. The molecule has 3 heterocycles. The number of anilines is 1. The standard InChI is InChI=1S/C16H21N3/c1-2-11-9-17-16(18-10-11)19-14-5-6-15(19)8-13(7-14)12-3-4-12/h9-10,14-15H,2-8H2,1H3. The summed E-state index contributed by atoms with van der Waals surface area (Å²) in [5, 5.41) is 0. The Kier molecular flexibility index (Phi) is 2.61. The van der Waals surface area contributed by atoms with Gasteiger partial charge < -0.3 is 4.90 Å². The molecule has 0 amide bonds. The maximum absolute atomic E-state index is 4.60. The van der Waals surface area contributed by atoms with Gasteiger partial charge in [-0.3, -0.25) is 0 Å². The summed E-state index contributed by atoms with van der Waals surface area (Å²) in [6.45, 7) is 2.15. The zero-order valence-electron chi connectivity index (χ0n) is 11.6. The second kappa shape index (κ2) is 4.32. The van der Waals surface area contributed by atoms with Gasteiger partial charge in [-0.25, -0.2) is 9.97 Å². The number of hydrogen-bond donors (Lipinski definition) is 0. The molecule has 3 fully saturated rings. The quantitative estimate of drug-likeness (QED) is 0.760. The smallest absolute Gasteiger partial charge is 0.225 e. The minimum atomic E-state index is 0.661. The molecule has 1 aromatic rings. The Bertz CT molecular complexity index is 495. The number of hydrogen-bond acceptors (Lipinski definition) is 3. The molecule has 1 aliphatic carbocycles. The molecular formula is C16H21N3. The number of nitrogens with zero attached hydrogens (tertiary/aromatic N) is 3. The van der Waals surface area contributed by atoms with Crippen molar-refractivity contribution < 1.29 is 0 Å². The van der Waals surface area contributed by atoms with Crippen LogP contribution in [-0.4, -0.2) is 22.1 Å². The van der Waals surface area contributed by atoms with E-state index in [0.717, 1.165) is 12.4 Å². The highest BCUT2D eigenvalue weighted by atomic mass is 15.3. The molecule has 0 radical (unpaired) electrons. The van der Waals surface area contributed by atoms with Crippen molar-refractivity contribution in [2.75, 3.05) is 4.90 Å². The first-order chi connectivity index (χ1) is 9.35. The van der Waals surface area contributed by atoms with E-state index in [-0.39, 0.29) is 0 Å². The van der Waals surface area contributed by atoms with E-state index in [0.29, 0.717) is 12.1 Å². The molecule has 0 N–H and O–H groups in total. The molecule has 4 rings (SSSR count). The van der Waals surface area contributed by atoms with Gasteiger partial charge in [-0.05, 0) is 50.5 Å². The lowest BCUT2D eigenvalue weighted by Gasteiger charge is -2.36. The third kappa shape index (κ3) is 1.96. The number of aryl methyl sites for hydroxylation is 1. The summed E-state index contributed by atoms with van der Waals surface area (Å²) >= 11 is 0. The minimum absolute atomic E-state index is 0.661. The molecule has 0 spiro atoms. The van der Waals surface area contributed by atoms with E-state index >= 15 is 0 Å². The van der Waals surface area contributed by atoms with Gasteiger partial charge in [0.2, 0.25) is 5.95 Å². The Balaban J connectivity index is 1.60.